The fraction of sp³-hybridized carbons (Fsp3) is 0.235. The zero-order valence-corrected chi connectivity index (χ0v) is 13.0. The number of nitrogens with zero attached hydrogens (tertiary/aromatic N) is 1. The van der Waals surface area contributed by atoms with Crippen LogP contribution in [-0.4, -0.2) is 24.2 Å². The molecular weight excluding hydrogens is 298 g/mol. The molecule has 1 atom stereocenters. The smallest absolute Gasteiger partial charge is 0.188 e. The van der Waals surface area contributed by atoms with Crippen molar-refractivity contribution in [1.82, 2.24) is 5.32 Å². The Bertz CT molecular complexity index is 616. The number of nitrogens with one attached hydrogen (secondary N) is 1. The standard InChI is InChI=1S/C17H20ClN3O/c18-15-9-5-4-8-14(15)16(22)12-21-17(19)20-11-10-13-6-2-1-3-7-13/h1-9,16,22H,10-12H2,(H3,19,20,21). The average molecular weight is 318 g/mol. The number of aliphatic imine (C=N–C) groups is 1. The Labute approximate surface area is 135 Å². The number of benzene rings is 2. The Morgan fingerprint density at radius 2 is 1.82 bits per heavy atom. The first-order valence-corrected chi connectivity index (χ1v) is 7.55. The molecule has 4 N–H and O–H groups in total. The third-order valence-electron chi connectivity index (χ3n) is 3.26. The van der Waals surface area contributed by atoms with Crippen LogP contribution in [0.3, 0.4) is 0 Å². The summed E-state index contributed by atoms with van der Waals surface area (Å²) in [5.41, 5.74) is 7.69. The van der Waals surface area contributed by atoms with Crippen molar-refractivity contribution in [1.29, 1.82) is 0 Å². The Morgan fingerprint density at radius 1 is 1.14 bits per heavy atom. The number of aliphatic hydroxyl groups is 1. The molecular formula is C17H20ClN3O. The van der Waals surface area contributed by atoms with Gasteiger partial charge in [0.05, 0.1) is 6.54 Å². The average Bonchev–Trinajstić information content (AvgIpc) is 2.54. The van der Waals surface area contributed by atoms with E-state index in [2.05, 4.69) is 22.4 Å². The molecule has 2 rings (SSSR count). The summed E-state index contributed by atoms with van der Waals surface area (Å²) < 4.78 is 0. The van der Waals surface area contributed by atoms with Crippen LogP contribution >= 0.6 is 11.6 Å². The van der Waals surface area contributed by atoms with Gasteiger partial charge < -0.3 is 16.2 Å². The van der Waals surface area contributed by atoms with Crippen LogP contribution in [0.25, 0.3) is 0 Å². The molecule has 0 amide bonds. The minimum atomic E-state index is -0.761. The highest BCUT2D eigenvalue weighted by atomic mass is 35.5. The maximum atomic E-state index is 10.1. The third kappa shape index (κ3) is 5.06. The van der Waals surface area contributed by atoms with Crippen LogP contribution in [0, 0.1) is 0 Å². The number of hydrogen-bond acceptors (Lipinski definition) is 2. The normalized spacial score (nSPS) is 12.9. The summed E-state index contributed by atoms with van der Waals surface area (Å²) in [6.45, 7) is 0.870. The lowest BCUT2D eigenvalue weighted by atomic mass is 10.1. The summed E-state index contributed by atoms with van der Waals surface area (Å²) in [7, 11) is 0. The van der Waals surface area contributed by atoms with Crippen LogP contribution in [0.5, 0.6) is 0 Å². The minimum Gasteiger partial charge on any atom is -0.386 e. The Balaban J connectivity index is 1.79. The quantitative estimate of drug-likeness (QED) is 0.566. The lowest BCUT2D eigenvalue weighted by molar-refractivity contribution is 0.187. The number of aliphatic hydroxyl groups excluding tert-OH is 1. The molecule has 0 radical (unpaired) electrons. The van der Waals surface area contributed by atoms with Gasteiger partial charge in [0, 0.05) is 17.1 Å². The van der Waals surface area contributed by atoms with E-state index in [1.807, 2.05) is 30.3 Å². The summed E-state index contributed by atoms with van der Waals surface area (Å²) in [6.07, 6.45) is 0.104. The summed E-state index contributed by atoms with van der Waals surface area (Å²) in [5, 5.41) is 13.6. The first-order chi connectivity index (χ1) is 10.7. The SMILES string of the molecule is NC(=NCC(O)c1ccccc1Cl)NCCc1ccccc1. The number of hydrogen-bond donors (Lipinski definition) is 3. The van der Waals surface area contributed by atoms with Crippen LogP contribution < -0.4 is 11.1 Å². The fourth-order valence-electron chi connectivity index (χ4n) is 2.06. The Morgan fingerprint density at radius 3 is 2.55 bits per heavy atom. The largest absolute Gasteiger partial charge is 0.386 e. The number of guanidine groups is 1. The van der Waals surface area contributed by atoms with Gasteiger partial charge in [-0.2, -0.15) is 0 Å². The van der Waals surface area contributed by atoms with Crippen molar-refractivity contribution < 1.29 is 5.11 Å². The molecule has 0 aromatic heterocycles. The van der Waals surface area contributed by atoms with Crippen molar-refractivity contribution in [3.63, 3.8) is 0 Å². The molecule has 0 heterocycles. The minimum absolute atomic E-state index is 0.175. The van der Waals surface area contributed by atoms with Gasteiger partial charge in [0.1, 0.15) is 6.10 Å². The van der Waals surface area contributed by atoms with E-state index in [1.54, 1.807) is 12.1 Å². The van der Waals surface area contributed by atoms with Crippen molar-refractivity contribution in [2.24, 2.45) is 10.7 Å². The summed E-state index contributed by atoms with van der Waals surface area (Å²) >= 11 is 6.03. The predicted molar refractivity (Wildman–Crippen MR) is 91.0 cm³/mol. The van der Waals surface area contributed by atoms with Gasteiger partial charge in [-0.15, -0.1) is 0 Å². The summed E-state index contributed by atoms with van der Waals surface area (Å²) in [6, 6.07) is 17.3. The second-order valence-corrected chi connectivity index (χ2v) is 5.33. The molecule has 1 unspecified atom stereocenters. The number of halogens is 1. The molecule has 5 heteroatoms. The molecule has 0 aliphatic heterocycles. The van der Waals surface area contributed by atoms with E-state index >= 15 is 0 Å². The highest BCUT2D eigenvalue weighted by molar-refractivity contribution is 6.31. The second-order valence-electron chi connectivity index (χ2n) is 4.93. The molecule has 22 heavy (non-hydrogen) atoms. The molecule has 2 aromatic carbocycles. The van der Waals surface area contributed by atoms with Crippen LogP contribution in [-0.2, 0) is 6.42 Å². The topological polar surface area (TPSA) is 70.6 Å². The van der Waals surface area contributed by atoms with Gasteiger partial charge in [0.15, 0.2) is 5.96 Å². The molecule has 0 fully saturated rings. The van der Waals surface area contributed by atoms with E-state index in [1.165, 1.54) is 5.56 Å². The van der Waals surface area contributed by atoms with Gasteiger partial charge in [-0.25, -0.2) is 0 Å². The van der Waals surface area contributed by atoms with Crippen molar-refractivity contribution in [3.05, 3.63) is 70.7 Å². The van der Waals surface area contributed by atoms with Gasteiger partial charge in [0.2, 0.25) is 0 Å². The molecule has 2 aromatic rings. The molecule has 0 aliphatic rings. The van der Waals surface area contributed by atoms with Crippen LogP contribution in [0.4, 0.5) is 0 Å². The van der Waals surface area contributed by atoms with E-state index in [0.29, 0.717) is 23.1 Å². The first-order valence-electron chi connectivity index (χ1n) is 7.17. The van der Waals surface area contributed by atoms with E-state index in [9.17, 15) is 5.11 Å². The van der Waals surface area contributed by atoms with Gasteiger partial charge in [-0.1, -0.05) is 60.1 Å². The van der Waals surface area contributed by atoms with E-state index in [4.69, 9.17) is 17.3 Å². The monoisotopic (exact) mass is 317 g/mol. The fourth-order valence-corrected chi connectivity index (χ4v) is 2.33. The van der Waals surface area contributed by atoms with E-state index in [-0.39, 0.29) is 6.54 Å². The molecule has 0 saturated heterocycles. The van der Waals surface area contributed by atoms with Gasteiger partial charge in [0.25, 0.3) is 0 Å². The summed E-state index contributed by atoms with van der Waals surface area (Å²) in [5.74, 6) is 0.321. The molecule has 0 bridgehead atoms. The zero-order valence-electron chi connectivity index (χ0n) is 12.2. The van der Waals surface area contributed by atoms with Crippen molar-refractivity contribution >= 4 is 17.6 Å². The highest BCUT2D eigenvalue weighted by Gasteiger charge is 2.10. The molecule has 4 nitrogen and oxygen atoms in total. The highest BCUT2D eigenvalue weighted by Crippen LogP contribution is 2.22. The Kier molecular flexibility index (Phi) is 6.25. The second kappa shape index (κ2) is 8.41. The van der Waals surface area contributed by atoms with Crippen molar-refractivity contribution in [2.75, 3.05) is 13.1 Å². The van der Waals surface area contributed by atoms with Crippen LogP contribution in [0.1, 0.15) is 17.2 Å². The molecule has 0 spiro atoms. The maximum absolute atomic E-state index is 10.1. The van der Waals surface area contributed by atoms with E-state index < -0.39 is 6.10 Å². The third-order valence-corrected chi connectivity index (χ3v) is 3.61. The molecule has 0 saturated carbocycles. The van der Waals surface area contributed by atoms with Gasteiger partial charge in [-0.3, -0.25) is 4.99 Å². The molecule has 0 aliphatic carbocycles. The zero-order chi connectivity index (χ0) is 15.8. The maximum Gasteiger partial charge on any atom is 0.188 e. The first kappa shape index (κ1) is 16.3. The predicted octanol–water partition coefficient (Wildman–Crippen LogP) is 2.52. The van der Waals surface area contributed by atoms with Crippen LogP contribution in [0.15, 0.2) is 59.6 Å². The van der Waals surface area contributed by atoms with Gasteiger partial charge >= 0.3 is 0 Å². The Hall–Kier alpha value is -2.04. The molecule has 116 valence electrons. The van der Waals surface area contributed by atoms with Gasteiger partial charge in [-0.05, 0) is 18.1 Å². The van der Waals surface area contributed by atoms with E-state index in [0.717, 1.165) is 6.42 Å². The number of rotatable bonds is 6. The van der Waals surface area contributed by atoms with Crippen molar-refractivity contribution in [3.8, 4) is 0 Å². The lowest BCUT2D eigenvalue weighted by Gasteiger charge is -2.11. The number of nitrogens with two attached hydrogens (primary N) is 1. The van der Waals surface area contributed by atoms with Crippen LogP contribution in [0.2, 0.25) is 5.02 Å². The lowest BCUT2D eigenvalue weighted by Crippen LogP contribution is -2.33. The van der Waals surface area contributed by atoms with Crippen molar-refractivity contribution in [2.45, 2.75) is 12.5 Å². The summed E-state index contributed by atoms with van der Waals surface area (Å²) in [4.78, 5) is 4.15.